The van der Waals surface area contributed by atoms with Crippen LogP contribution in [0.1, 0.15) is 59.3 Å². The zero-order valence-electron chi connectivity index (χ0n) is 12.8. The molecule has 0 aromatic carbocycles. The number of nitrogens with zero attached hydrogens (tertiary/aromatic N) is 1. The van der Waals surface area contributed by atoms with Gasteiger partial charge in [0.25, 0.3) is 0 Å². The molecule has 110 valence electrons. The van der Waals surface area contributed by atoms with Crippen LogP contribution in [0.4, 0.5) is 0 Å². The number of nitrogens with one attached hydrogen (secondary N) is 1. The van der Waals surface area contributed by atoms with E-state index < -0.39 is 0 Å². The minimum atomic E-state index is 0.108. The topological polar surface area (TPSA) is 32.3 Å². The molecule has 2 fully saturated rings. The molecule has 2 aliphatic rings. The van der Waals surface area contributed by atoms with Gasteiger partial charge in [0.2, 0.25) is 5.91 Å². The van der Waals surface area contributed by atoms with Crippen LogP contribution in [-0.2, 0) is 4.79 Å². The molecule has 3 atom stereocenters. The van der Waals surface area contributed by atoms with E-state index in [4.69, 9.17) is 0 Å². The minimum absolute atomic E-state index is 0.108. The zero-order chi connectivity index (χ0) is 13.8. The predicted octanol–water partition coefficient (Wildman–Crippen LogP) is 2.80. The fourth-order valence-corrected chi connectivity index (χ4v) is 3.79. The van der Waals surface area contributed by atoms with Gasteiger partial charge in [-0.3, -0.25) is 4.79 Å². The molecule has 0 aromatic heterocycles. The van der Waals surface area contributed by atoms with Crippen molar-refractivity contribution < 1.29 is 4.79 Å². The predicted molar refractivity (Wildman–Crippen MR) is 79.0 cm³/mol. The maximum atomic E-state index is 12.8. The van der Waals surface area contributed by atoms with Gasteiger partial charge in [-0.2, -0.15) is 0 Å². The second-order valence-corrected chi connectivity index (χ2v) is 6.57. The van der Waals surface area contributed by atoms with Gasteiger partial charge < -0.3 is 10.2 Å². The molecule has 1 aliphatic carbocycles. The second kappa shape index (κ2) is 6.74. The third-order valence-electron chi connectivity index (χ3n) is 4.92. The molecule has 3 nitrogen and oxygen atoms in total. The average Bonchev–Trinajstić information content (AvgIpc) is 2.95. The Labute approximate surface area is 118 Å². The van der Waals surface area contributed by atoms with Crippen molar-refractivity contribution in [3.05, 3.63) is 0 Å². The SMILES string of the molecule is CCCCCN(C(=O)C1NCC2CCCC21)C(C)C. The van der Waals surface area contributed by atoms with E-state index in [9.17, 15) is 4.79 Å². The Hall–Kier alpha value is -0.570. The molecule has 1 amide bonds. The first-order valence-electron chi connectivity index (χ1n) is 8.19. The standard InChI is InChI=1S/C16H30N2O/c1-4-5-6-10-18(12(2)3)16(19)15-14-9-7-8-13(14)11-17-15/h12-15,17H,4-11H2,1-3H3. The van der Waals surface area contributed by atoms with Crippen LogP contribution in [0.2, 0.25) is 0 Å². The Kier molecular flexibility index (Phi) is 5.26. The highest BCUT2D eigenvalue weighted by molar-refractivity contribution is 5.83. The first-order valence-corrected chi connectivity index (χ1v) is 8.19. The molecule has 3 heteroatoms. The molecule has 2 rings (SSSR count). The summed E-state index contributed by atoms with van der Waals surface area (Å²) in [6.07, 6.45) is 7.46. The van der Waals surface area contributed by atoms with Gasteiger partial charge in [0.05, 0.1) is 6.04 Å². The molecule has 0 spiro atoms. The van der Waals surface area contributed by atoms with E-state index in [1.165, 1.54) is 32.1 Å². The number of amides is 1. The molecule has 3 unspecified atom stereocenters. The summed E-state index contributed by atoms with van der Waals surface area (Å²) < 4.78 is 0. The van der Waals surface area contributed by atoms with Gasteiger partial charge in [0, 0.05) is 12.6 Å². The fraction of sp³-hybridized carbons (Fsp3) is 0.938. The Morgan fingerprint density at radius 3 is 2.79 bits per heavy atom. The number of rotatable bonds is 6. The maximum absolute atomic E-state index is 12.8. The van der Waals surface area contributed by atoms with Crippen LogP contribution in [0.15, 0.2) is 0 Å². The van der Waals surface area contributed by atoms with Gasteiger partial charge in [0.1, 0.15) is 0 Å². The molecular weight excluding hydrogens is 236 g/mol. The van der Waals surface area contributed by atoms with Gasteiger partial charge in [-0.25, -0.2) is 0 Å². The molecule has 1 heterocycles. The highest BCUT2D eigenvalue weighted by Gasteiger charge is 2.43. The first kappa shape index (κ1) is 14.8. The lowest BCUT2D eigenvalue weighted by molar-refractivity contribution is -0.136. The highest BCUT2D eigenvalue weighted by atomic mass is 16.2. The molecule has 19 heavy (non-hydrogen) atoms. The van der Waals surface area contributed by atoms with Gasteiger partial charge >= 0.3 is 0 Å². The third kappa shape index (κ3) is 3.31. The van der Waals surface area contributed by atoms with Crippen molar-refractivity contribution in [3.63, 3.8) is 0 Å². The fourth-order valence-electron chi connectivity index (χ4n) is 3.79. The molecule has 1 saturated carbocycles. The summed E-state index contributed by atoms with van der Waals surface area (Å²) in [5.74, 6) is 1.74. The monoisotopic (exact) mass is 266 g/mol. The van der Waals surface area contributed by atoms with E-state index in [2.05, 4.69) is 31.0 Å². The first-order chi connectivity index (χ1) is 9.15. The summed E-state index contributed by atoms with van der Waals surface area (Å²) in [7, 11) is 0. The van der Waals surface area contributed by atoms with Gasteiger partial charge in [-0.15, -0.1) is 0 Å². The number of carbonyl (C=O) groups is 1. The number of hydrogen-bond acceptors (Lipinski definition) is 2. The lowest BCUT2D eigenvalue weighted by Crippen LogP contribution is -2.49. The van der Waals surface area contributed by atoms with E-state index in [0.29, 0.717) is 17.9 Å². The average molecular weight is 266 g/mol. The molecule has 1 saturated heterocycles. The molecule has 0 bridgehead atoms. The van der Waals surface area contributed by atoms with Crippen molar-refractivity contribution in [1.82, 2.24) is 10.2 Å². The molecule has 1 N–H and O–H groups in total. The maximum Gasteiger partial charge on any atom is 0.240 e. The van der Waals surface area contributed by atoms with Crippen LogP contribution in [0, 0.1) is 11.8 Å². The van der Waals surface area contributed by atoms with Crippen LogP contribution < -0.4 is 5.32 Å². The van der Waals surface area contributed by atoms with Crippen LogP contribution in [0.5, 0.6) is 0 Å². The smallest absolute Gasteiger partial charge is 0.240 e. The summed E-state index contributed by atoms with van der Waals surface area (Å²) >= 11 is 0. The van der Waals surface area contributed by atoms with Crippen molar-refractivity contribution in [2.24, 2.45) is 11.8 Å². The summed E-state index contributed by atoms with van der Waals surface area (Å²) in [5, 5.41) is 3.49. The van der Waals surface area contributed by atoms with Crippen LogP contribution in [0.25, 0.3) is 0 Å². The Morgan fingerprint density at radius 2 is 2.11 bits per heavy atom. The quantitative estimate of drug-likeness (QED) is 0.750. The molecule has 0 radical (unpaired) electrons. The summed E-state index contributed by atoms with van der Waals surface area (Å²) in [5.41, 5.74) is 0. The van der Waals surface area contributed by atoms with E-state index in [-0.39, 0.29) is 6.04 Å². The van der Waals surface area contributed by atoms with Crippen molar-refractivity contribution in [2.75, 3.05) is 13.1 Å². The second-order valence-electron chi connectivity index (χ2n) is 6.57. The van der Waals surface area contributed by atoms with E-state index in [1.807, 2.05) is 0 Å². The zero-order valence-corrected chi connectivity index (χ0v) is 12.8. The van der Waals surface area contributed by atoms with Gasteiger partial charge in [0.15, 0.2) is 0 Å². The van der Waals surface area contributed by atoms with Crippen LogP contribution in [-0.4, -0.2) is 36.0 Å². The Morgan fingerprint density at radius 1 is 1.32 bits per heavy atom. The Bertz CT molecular complexity index is 303. The summed E-state index contributed by atoms with van der Waals surface area (Å²) in [6.45, 7) is 8.49. The van der Waals surface area contributed by atoms with Crippen molar-refractivity contribution >= 4 is 5.91 Å². The lowest BCUT2D eigenvalue weighted by atomic mass is 9.93. The van der Waals surface area contributed by atoms with E-state index >= 15 is 0 Å². The van der Waals surface area contributed by atoms with Crippen molar-refractivity contribution in [2.45, 2.75) is 71.4 Å². The number of carbonyl (C=O) groups excluding carboxylic acids is 1. The summed E-state index contributed by atoms with van der Waals surface area (Å²) in [4.78, 5) is 14.9. The summed E-state index contributed by atoms with van der Waals surface area (Å²) in [6, 6.07) is 0.433. The van der Waals surface area contributed by atoms with Crippen LogP contribution in [0.3, 0.4) is 0 Å². The van der Waals surface area contributed by atoms with Crippen LogP contribution >= 0.6 is 0 Å². The number of unbranched alkanes of at least 4 members (excludes halogenated alkanes) is 2. The van der Waals surface area contributed by atoms with Gasteiger partial charge in [-0.1, -0.05) is 26.2 Å². The molecule has 1 aliphatic heterocycles. The van der Waals surface area contributed by atoms with Crippen molar-refractivity contribution in [1.29, 1.82) is 0 Å². The minimum Gasteiger partial charge on any atom is -0.339 e. The van der Waals surface area contributed by atoms with Crippen molar-refractivity contribution in [3.8, 4) is 0 Å². The number of fused-ring (bicyclic) bond motifs is 1. The largest absolute Gasteiger partial charge is 0.339 e. The normalized spacial score (nSPS) is 29.8. The number of hydrogen-bond donors (Lipinski definition) is 1. The lowest BCUT2D eigenvalue weighted by Gasteiger charge is -2.31. The third-order valence-corrected chi connectivity index (χ3v) is 4.92. The Balaban J connectivity index is 1.94. The highest BCUT2D eigenvalue weighted by Crippen LogP contribution is 2.38. The molecular formula is C16H30N2O. The van der Waals surface area contributed by atoms with E-state index in [1.54, 1.807) is 0 Å². The molecule has 0 aromatic rings. The van der Waals surface area contributed by atoms with E-state index in [0.717, 1.165) is 25.4 Å². The van der Waals surface area contributed by atoms with Gasteiger partial charge in [-0.05, 0) is 51.5 Å².